The van der Waals surface area contributed by atoms with Crippen LogP contribution < -0.4 is 10.6 Å². The van der Waals surface area contributed by atoms with Crippen LogP contribution in [0.25, 0.3) is 10.2 Å². The number of fused-ring (bicyclic) bond motifs is 1. The van der Waals surface area contributed by atoms with Gasteiger partial charge in [-0.15, -0.1) is 11.3 Å². The Labute approximate surface area is 116 Å². The minimum atomic E-state index is 0.358. The fourth-order valence-corrected chi connectivity index (χ4v) is 2.89. The summed E-state index contributed by atoms with van der Waals surface area (Å²) in [6.45, 7) is 4.61. The third-order valence-corrected chi connectivity index (χ3v) is 3.94. The summed E-state index contributed by atoms with van der Waals surface area (Å²) in [7, 11) is 0. The molecule has 0 spiro atoms. The van der Waals surface area contributed by atoms with Gasteiger partial charge in [-0.3, -0.25) is 0 Å². The summed E-state index contributed by atoms with van der Waals surface area (Å²) in [5.41, 5.74) is 0. The maximum atomic E-state index is 5.40. The summed E-state index contributed by atoms with van der Waals surface area (Å²) in [6, 6.07) is 2.43. The van der Waals surface area contributed by atoms with E-state index in [1.165, 1.54) is 0 Å². The van der Waals surface area contributed by atoms with Gasteiger partial charge in [-0.1, -0.05) is 6.92 Å². The monoisotopic (exact) mass is 278 g/mol. The van der Waals surface area contributed by atoms with Crippen LogP contribution in [-0.4, -0.2) is 35.8 Å². The number of nitrogens with zero attached hydrogens (tertiary/aromatic N) is 2. The lowest BCUT2D eigenvalue weighted by Gasteiger charge is -2.13. The van der Waals surface area contributed by atoms with Crippen molar-refractivity contribution in [2.24, 2.45) is 0 Å². The maximum Gasteiger partial charge on any atom is 0.226 e. The first-order chi connectivity index (χ1) is 9.36. The van der Waals surface area contributed by atoms with Crippen molar-refractivity contribution in [3.05, 3.63) is 11.4 Å². The fourth-order valence-electron chi connectivity index (χ4n) is 2.12. The predicted octanol–water partition coefficient (Wildman–Crippen LogP) is 2.71. The first kappa shape index (κ1) is 12.6. The molecule has 1 saturated heterocycles. The molecule has 2 aromatic heterocycles. The van der Waals surface area contributed by atoms with Gasteiger partial charge in [-0.25, -0.2) is 4.98 Å². The number of ether oxygens (including phenoxy) is 1. The molecule has 0 aliphatic carbocycles. The molecule has 0 amide bonds. The standard InChI is InChI=1S/C13H18N4OS/c1-2-5-14-13-16-11(15-9-3-6-18-8-9)10-4-7-19-12(10)17-13/h4,7,9H,2-3,5-6,8H2,1H3,(H2,14,15,16,17). The average Bonchev–Trinajstić information content (AvgIpc) is 3.06. The Hall–Kier alpha value is -1.40. The molecule has 0 saturated carbocycles. The van der Waals surface area contributed by atoms with E-state index in [9.17, 15) is 0 Å². The second kappa shape index (κ2) is 5.71. The highest BCUT2D eigenvalue weighted by molar-refractivity contribution is 7.16. The van der Waals surface area contributed by atoms with E-state index < -0.39 is 0 Å². The van der Waals surface area contributed by atoms with E-state index in [2.05, 4.69) is 39.0 Å². The zero-order valence-corrected chi connectivity index (χ0v) is 11.8. The molecule has 5 nitrogen and oxygen atoms in total. The number of aromatic nitrogens is 2. The van der Waals surface area contributed by atoms with Crippen LogP contribution in [0.3, 0.4) is 0 Å². The Morgan fingerprint density at radius 3 is 3.21 bits per heavy atom. The molecule has 1 aliphatic rings. The molecule has 1 fully saturated rings. The molecular formula is C13H18N4OS. The van der Waals surface area contributed by atoms with Crippen molar-refractivity contribution in [3.63, 3.8) is 0 Å². The number of rotatable bonds is 5. The molecular weight excluding hydrogens is 260 g/mol. The number of hydrogen-bond acceptors (Lipinski definition) is 6. The van der Waals surface area contributed by atoms with Crippen molar-refractivity contribution >= 4 is 33.3 Å². The van der Waals surface area contributed by atoms with Crippen LogP contribution in [0.4, 0.5) is 11.8 Å². The van der Waals surface area contributed by atoms with Gasteiger partial charge >= 0.3 is 0 Å². The lowest BCUT2D eigenvalue weighted by Crippen LogP contribution is -2.20. The highest BCUT2D eigenvalue weighted by Gasteiger charge is 2.18. The van der Waals surface area contributed by atoms with Crippen molar-refractivity contribution in [2.45, 2.75) is 25.8 Å². The summed E-state index contributed by atoms with van der Waals surface area (Å²) in [6.07, 6.45) is 2.10. The summed E-state index contributed by atoms with van der Waals surface area (Å²) in [5.74, 6) is 1.62. The van der Waals surface area contributed by atoms with Crippen molar-refractivity contribution in [1.82, 2.24) is 9.97 Å². The normalized spacial score (nSPS) is 18.9. The van der Waals surface area contributed by atoms with Crippen LogP contribution >= 0.6 is 11.3 Å². The van der Waals surface area contributed by atoms with E-state index in [1.807, 2.05) is 0 Å². The molecule has 1 aliphatic heterocycles. The van der Waals surface area contributed by atoms with Crippen molar-refractivity contribution in [1.29, 1.82) is 0 Å². The molecule has 2 N–H and O–H groups in total. The molecule has 0 radical (unpaired) electrons. The van der Waals surface area contributed by atoms with Crippen LogP contribution in [0.1, 0.15) is 19.8 Å². The molecule has 1 atom stereocenters. The van der Waals surface area contributed by atoms with Crippen LogP contribution in [0.15, 0.2) is 11.4 Å². The second-order valence-corrected chi connectivity index (χ2v) is 5.56. The fraction of sp³-hybridized carbons (Fsp3) is 0.538. The van der Waals surface area contributed by atoms with E-state index in [-0.39, 0.29) is 0 Å². The molecule has 102 valence electrons. The van der Waals surface area contributed by atoms with Crippen LogP contribution in [-0.2, 0) is 4.74 Å². The van der Waals surface area contributed by atoms with E-state index in [0.29, 0.717) is 12.0 Å². The van der Waals surface area contributed by atoms with Crippen molar-refractivity contribution in [2.75, 3.05) is 30.4 Å². The zero-order valence-electron chi connectivity index (χ0n) is 11.0. The van der Waals surface area contributed by atoms with Crippen LogP contribution in [0.5, 0.6) is 0 Å². The lowest BCUT2D eigenvalue weighted by atomic mass is 10.2. The number of thiophene rings is 1. The average molecular weight is 278 g/mol. The number of anilines is 2. The predicted molar refractivity (Wildman–Crippen MR) is 79.0 cm³/mol. The Balaban J connectivity index is 1.88. The van der Waals surface area contributed by atoms with Gasteiger partial charge in [0.15, 0.2) is 0 Å². The molecule has 1 unspecified atom stereocenters. The van der Waals surface area contributed by atoms with Gasteiger partial charge in [0.1, 0.15) is 10.6 Å². The third-order valence-electron chi connectivity index (χ3n) is 3.13. The molecule has 6 heteroatoms. The maximum absolute atomic E-state index is 5.40. The van der Waals surface area contributed by atoms with Gasteiger partial charge in [-0.05, 0) is 24.3 Å². The number of hydrogen-bond donors (Lipinski definition) is 2. The van der Waals surface area contributed by atoms with Gasteiger partial charge in [0.25, 0.3) is 0 Å². The quantitative estimate of drug-likeness (QED) is 0.880. The minimum absolute atomic E-state index is 0.358. The van der Waals surface area contributed by atoms with Crippen LogP contribution in [0, 0.1) is 0 Å². The van der Waals surface area contributed by atoms with Crippen molar-refractivity contribution < 1.29 is 4.74 Å². The minimum Gasteiger partial charge on any atom is -0.379 e. The molecule has 3 heterocycles. The third kappa shape index (κ3) is 2.79. The Kier molecular flexibility index (Phi) is 3.79. The van der Waals surface area contributed by atoms with E-state index in [1.54, 1.807) is 11.3 Å². The SMILES string of the molecule is CCCNc1nc(NC2CCOC2)c2ccsc2n1. The van der Waals surface area contributed by atoms with Gasteiger partial charge < -0.3 is 15.4 Å². The summed E-state index contributed by atoms with van der Waals surface area (Å²) in [4.78, 5) is 10.1. The summed E-state index contributed by atoms with van der Waals surface area (Å²) < 4.78 is 5.40. The summed E-state index contributed by atoms with van der Waals surface area (Å²) >= 11 is 1.64. The molecule has 3 rings (SSSR count). The largest absolute Gasteiger partial charge is 0.379 e. The zero-order chi connectivity index (χ0) is 13.1. The molecule has 19 heavy (non-hydrogen) atoms. The lowest BCUT2D eigenvalue weighted by molar-refractivity contribution is 0.195. The van der Waals surface area contributed by atoms with E-state index >= 15 is 0 Å². The van der Waals surface area contributed by atoms with Crippen LogP contribution in [0.2, 0.25) is 0 Å². The van der Waals surface area contributed by atoms with Gasteiger partial charge in [0.05, 0.1) is 18.0 Å². The van der Waals surface area contributed by atoms with E-state index in [0.717, 1.165) is 48.6 Å². The highest BCUT2D eigenvalue weighted by atomic mass is 32.1. The molecule has 0 bridgehead atoms. The highest BCUT2D eigenvalue weighted by Crippen LogP contribution is 2.27. The Bertz CT molecular complexity index is 551. The number of nitrogens with one attached hydrogen (secondary N) is 2. The Morgan fingerprint density at radius 1 is 1.47 bits per heavy atom. The smallest absolute Gasteiger partial charge is 0.226 e. The first-order valence-corrected chi connectivity index (χ1v) is 7.58. The van der Waals surface area contributed by atoms with Gasteiger partial charge in [0, 0.05) is 13.2 Å². The molecule has 2 aromatic rings. The summed E-state index contributed by atoms with van der Waals surface area (Å²) in [5, 5.41) is 9.88. The van der Waals surface area contributed by atoms with Gasteiger partial charge in [0.2, 0.25) is 5.95 Å². The second-order valence-electron chi connectivity index (χ2n) is 4.67. The van der Waals surface area contributed by atoms with Gasteiger partial charge in [-0.2, -0.15) is 4.98 Å². The van der Waals surface area contributed by atoms with E-state index in [4.69, 9.17) is 4.74 Å². The topological polar surface area (TPSA) is 59.1 Å². The Morgan fingerprint density at radius 2 is 2.42 bits per heavy atom. The van der Waals surface area contributed by atoms with Crippen molar-refractivity contribution in [3.8, 4) is 0 Å². The first-order valence-electron chi connectivity index (χ1n) is 6.70. The molecule has 0 aromatic carbocycles.